The van der Waals surface area contributed by atoms with Crippen molar-refractivity contribution in [3.63, 3.8) is 0 Å². The molecule has 7 heteroatoms. The standard InChI is InChI=1S/C24H22N4O3/c1-5-11-26-22(29)18(14-25)13-19-23(31-20-10-6-8-15(2)17(20)4)27-21-16(3)9-7-12-28(21)24(19)30/h5-10,12-13H,1,11H2,2-4H3,(H,26,29)/b18-13+. The van der Waals surface area contributed by atoms with Gasteiger partial charge in [0.05, 0.1) is 0 Å². The van der Waals surface area contributed by atoms with E-state index in [1.165, 1.54) is 16.6 Å². The summed E-state index contributed by atoms with van der Waals surface area (Å²) in [5.41, 5.74) is 2.45. The molecule has 31 heavy (non-hydrogen) atoms. The maximum Gasteiger partial charge on any atom is 0.269 e. The van der Waals surface area contributed by atoms with E-state index >= 15 is 0 Å². The van der Waals surface area contributed by atoms with Crippen LogP contribution < -0.4 is 15.6 Å². The first-order valence-corrected chi connectivity index (χ1v) is 9.64. The fourth-order valence-corrected chi connectivity index (χ4v) is 2.99. The smallest absolute Gasteiger partial charge is 0.269 e. The number of pyridine rings is 1. The Balaban J connectivity index is 2.25. The summed E-state index contributed by atoms with van der Waals surface area (Å²) in [4.78, 5) is 30.1. The average Bonchev–Trinajstić information content (AvgIpc) is 2.76. The molecule has 2 heterocycles. The van der Waals surface area contributed by atoms with Crippen LogP contribution in [0.25, 0.3) is 11.7 Å². The summed E-state index contributed by atoms with van der Waals surface area (Å²) in [5.74, 6) is -0.0554. The van der Waals surface area contributed by atoms with Crippen LogP contribution in [0, 0.1) is 32.1 Å². The Hall–Kier alpha value is -4.18. The number of aryl methyl sites for hydroxylation is 2. The molecule has 0 aliphatic heterocycles. The number of hydrogen-bond acceptors (Lipinski definition) is 5. The minimum atomic E-state index is -0.617. The zero-order valence-corrected chi connectivity index (χ0v) is 17.6. The molecule has 0 bridgehead atoms. The molecule has 0 unspecified atom stereocenters. The number of hydrogen-bond donors (Lipinski definition) is 1. The van der Waals surface area contributed by atoms with E-state index in [0.717, 1.165) is 16.7 Å². The molecule has 156 valence electrons. The topological polar surface area (TPSA) is 96.5 Å². The highest BCUT2D eigenvalue weighted by Gasteiger charge is 2.18. The number of carbonyl (C=O) groups excluding carboxylic acids is 1. The van der Waals surface area contributed by atoms with Crippen molar-refractivity contribution >= 4 is 17.6 Å². The molecule has 0 saturated carbocycles. The normalized spacial score (nSPS) is 11.1. The van der Waals surface area contributed by atoms with E-state index in [-0.39, 0.29) is 23.6 Å². The molecule has 3 rings (SSSR count). The molecule has 0 fully saturated rings. The Kier molecular flexibility index (Phi) is 6.32. The fourth-order valence-electron chi connectivity index (χ4n) is 2.99. The third-order valence-electron chi connectivity index (χ3n) is 4.87. The molecule has 0 aliphatic carbocycles. The number of nitrogens with zero attached hydrogens (tertiary/aromatic N) is 3. The second-order valence-electron chi connectivity index (χ2n) is 6.99. The van der Waals surface area contributed by atoms with Gasteiger partial charge >= 0.3 is 0 Å². The van der Waals surface area contributed by atoms with Crippen LogP contribution in [0.4, 0.5) is 0 Å². The number of carbonyl (C=O) groups is 1. The number of fused-ring (bicyclic) bond motifs is 1. The molecular weight excluding hydrogens is 392 g/mol. The minimum absolute atomic E-state index is 0.00862. The van der Waals surface area contributed by atoms with E-state index in [1.807, 2.05) is 45.0 Å². The number of amides is 1. The van der Waals surface area contributed by atoms with Gasteiger partial charge in [-0.05, 0) is 55.7 Å². The number of rotatable bonds is 6. The molecule has 1 amide bonds. The number of aromatic nitrogens is 2. The van der Waals surface area contributed by atoms with Crippen LogP contribution in [0.2, 0.25) is 0 Å². The monoisotopic (exact) mass is 414 g/mol. The second kappa shape index (κ2) is 9.09. The molecule has 0 atom stereocenters. The van der Waals surface area contributed by atoms with Crippen molar-refractivity contribution in [3.05, 3.63) is 87.4 Å². The third-order valence-corrected chi connectivity index (χ3v) is 4.87. The maximum absolute atomic E-state index is 13.3. The van der Waals surface area contributed by atoms with Gasteiger partial charge in [-0.1, -0.05) is 24.3 Å². The van der Waals surface area contributed by atoms with Gasteiger partial charge in [-0.2, -0.15) is 10.2 Å². The molecule has 0 saturated heterocycles. The van der Waals surface area contributed by atoms with E-state index in [9.17, 15) is 14.9 Å². The Morgan fingerprint density at radius 1 is 1.26 bits per heavy atom. The molecular formula is C24H22N4O3. The highest BCUT2D eigenvalue weighted by Crippen LogP contribution is 2.28. The average molecular weight is 414 g/mol. The van der Waals surface area contributed by atoms with Gasteiger partial charge < -0.3 is 10.1 Å². The first kappa shape index (κ1) is 21.5. The zero-order valence-electron chi connectivity index (χ0n) is 17.6. The first-order chi connectivity index (χ1) is 14.9. The van der Waals surface area contributed by atoms with Gasteiger partial charge in [-0.3, -0.25) is 14.0 Å². The molecule has 2 aromatic heterocycles. The van der Waals surface area contributed by atoms with Gasteiger partial charge in [0.15, 0.2) is 0 Å². The molecule has 1 aromatic carbocycles. The zero-order chi connectivity index (χ0) is 22.5. The van der Waals surface area contributed by atoms with Gasteiger partial charge in [0, 0.05) is 12.7 Å². The van der Waals surface area contributed by atoms with E-state index in [0.29, 0.717) is 11.4 Å². The van der Waals surface area contributed by atoms with Gasteiger partial charge in [0.25, 0.3) is 11.5 Å². The highest BCUT2D eigenvalue weighted by molar-refractivity contribution is 6.02. The molecule has 7 nitrogen and oxygen atoms in total. The quantitative estimate of drug-likeness (QED) is 0.377. The SMILES string of the molecule is C=CCNC(=O)/C(C#N)=C/c1c(Oc2cccc(C)c2C)nc2c(C)cccn2c1=O. The summed E-state index contributed by atoms with van der Waals surface area (Å²) < 4.78 is 7.41. The molecule has 0 radical (unpaired) electrons. The fraction of sp³-hybridized carbons (Fsp3) is 0.167. The predicted octanol–water partition coefficient (Wildman–Crippen LogP) is 3.62. The number of nitrogens with one attached hydrogen (secondary N) is 1. The van der Waals surface area contributed by atoms with Crippen LogP contribution in [0.15, 0.2) is 59.6 Å². The largest absolute Gasteiger partial charge is 0.438 e. The van der Waals surface area contributed by atoms with Gasteiger partial charge in [-0.15, -0.1) is 6.58 Å². The van der Waals surface area contributed by atoms with Gasteiger partial charge in [0.2, 0.25) is 5.88 Å². The molecule has 1 N–H and O–H groups in total. The van der Waals surface area contributed by atoms with Crippen LogP contribution >= 0.6 is 0 Å². The van der Waals surface area contributed by atoms with Crippen molar-refractivity contribution < 1.29 is 9.53 Å². The first-order valence-electron chi connectivity index (χ1n) is 9.64. The van der Waals surface area contributed by atoms with Crippen molar-refractivity contribution in [2.24, 2.45) is 0 Å². The van der Waals surface area contributed by atoms with Crippen molar-refractivity contribution in [3.8, 4) is 17.7 Å². The Bertz CT molecular complexity index is 1310. The van der Waals surface area contributed by atoms with Crippen LogP contribution in [-0.4, -0.2) is 21.8 Å². The predicted molar refractivity (Wildman–Crippen MR) is 119 cm³/mol. The summed E-state index contributed by atoms with van der Waals surface area (Å²) >= 11 is 0. The second-order valence-corrected chi connectivity index (χ2v) is 6.99. The Morgan fingerprint density at radius 2 is 2.00 bits per heavy atom. The number of benzene rings is 1. The minimum Gasteiger partial charge on any atom is -0.438 e. The van der Waals surface area contributed by atoms with Crippen LogP contribution in [0.1, 0.15) is 22.3 Å². The lowest BCUT2D eigenvalue weighted by Gasteiger charge is -2.13. The summed E-state index contributed by atoms with van der Waals surface area (Å²) in [5, 5.41) is 12.0. The van der Waals surface area contributed by atoms with Crippen molar-refractivity contribution in [1.29, 1.82) is 5.26 Å². The summed E-state index contributed by atoms with van der Waals surface area (Å²) in [6.45, 7) is 9.42. The Morgan fingerprint density at radius 3 is 2.71 bits per heavy atom. The van der Waals surface area contributed by atoms with E-state index < -0.39 is 11.5 Å². The summed E-state index contributed by atoms with van der Waals surface area (Å²) in [6.07, 6.45) is 4.29. The summed E-state index contributed by atoms with van der Waals surface area (Å²) in [7, 11) is 0. The van der Waals surface area contributed by atoms with E-state index in [2.05, 4.69) is 16.9 Å². The number of ether oxygens (including phenoxy) is 1. The van der Waals surface area contributed by atoms with Crippen molar-refractivity contribution in [2.45, 2.75) is 20.8 Å². The lowest BCUT2D eigenvalue weighted by atomic mass is 10.1. The number of nitriles is 1. The third kappa shape index (κ3) is 4.38. The Labute approximate surface area is 179 Å². The van der Waals surface area contributed by atoms with E-state index in [1.54, 1.807) is 18.3 Å². The van der Waals surface area contributed by atoms with Crippen LogP contribution in [-0.2, 0) is 4.79 Å². The van der Waals surface area contributed by atoms with Crippen molar-refractivity contribution in [1.82, 2.24) is 14.7 Å². The van der Waals surface area contributed by atoms with Crippen LogP contribution in [0.5, 0.6) is 11.6 Å². The molecule has 3 aromatic rings. The maximum atomic E-state index is 13.3. The van der Waals surface area contributed by atoms with Gasteiger partial charge in [-0.25, -0.2) is 0 Å². The van der Waals surface area contributed by atoms with E-state index in [4.69, 9.17) is 4.74 Å². The van der Waals surface area contributed by atoms with Crippen molar-refractivity contribution in [2.75, 3.05) is 6.54 Å². The van der Waals surface area contributed by atoms with Gasteiger partial charge in [0.1, 0.15) is 28.6 Å². The highest BCUT2D eigenvalue weighted by atomic mass is 16.5. The molecule has 0 aliphatic rings. The van der Waals surface area contributed by atoms with Crippen LogP contribution in [0.3, 0.4) is 0 Å². The lowest BCUT2D eigenvalue weighted by molar-refractivity contribution is -0.116. The summed E-state index contributed by atoms with van der Waals surface area (Å²) in [6, 6.07) is 11.0. The lowest BCUT2D eigenvalue weighted by Crippen LogP contribution is -2.25. The molecule has 0 spiro atoms.